The SMILES string of the molecule is COC(=O)[C@H](C)[C@H](C)/C=C\O[Si](C)(C)C(C)(C)C. The van der Waals surface area contributed by atoms with Crippen LogP contribution in [0.1, 0.15) is 34.6 Å². The fourth-order valence-electron chi connectivity index (χ4n) is 1.08. The molecule has 0 bridgehead atoms. The van der Waals surface area contributed by atoms with Gasteiger partial charge in [0.2, 0.25) is 8.32 Å². The van der Waals surface area contributed by atoms with Gasteiger partial charge in [-0.05, 0) is 30.1 Å². The molecule has 0 aliphatic rings. The van der Waals surface area contributed by atoms with Gasteiger partial charge in [0.05, 0.1) is 19.3 Å². The first-order chi connectivity index (χ1) is 8.03. The maximum Gasteiger partial charge on any atom is 0.308 e. The Labute approximate surface area is 113 Å². The second kappa shape index (κ2) is 6.41. The first-order valence-corrected chi connectivity index (χ1v) is 9.36. The van der Waals surface area contributed by atoms with Crippen LogP contribution < -0.4 is 0 Å². The Kier molecular flexibility index (Phi) is 6.13. The number of methoxy groups -OCH3 is 1. The van der Waals surface area contributed by atoms with Gasteiger partial charge in [0.15, 0.2) is 0 Å². The van der Waals surface area contributed by atoms with Crippen LogP contribution in [-0.2, 0) is 14.0 Å². The van der Waals surface area contributed by atoms with Gasteiger partial charge in [0, 0.05) is 0 Å². The highest BCUT2D eigenvalue weighted by Gasteiger charge is 2.38. The minimum atomic E-state index is -1.74. The van der Waals surface area contributed by atoms with Crippen molar-refractivity contribution in [3.05, 3.63) is 12.3 Å². The van der Waals surface area contributed by atoms with Crippen molar-refractivity contribution in [2.75, 3.05) is 7.11 Å². The highest BCUT2D eigenvalue weighted by molar-refractivity contribution is 6.74. The number of esters is 1. The lowest BCUT2D eigenvalue weighted by atomic mass is 9.96. The number of hydrogen-bond acceptors (Lipinski definition) is 3. The third-order valence-electron chi connectivity index (χ3n) is 3.91. The third-order valence-corrected chi connectivity index (χ3v) is 8.25. The summed E-state index contributed by atoms with van der Waals surface area (Å²) >= 11 is 0. The number of carbonyl (C=O) groups is 1. The van der Waals surface area contributed by atoms with E-state index in [0.29, 0.717) is 0 Å². The fraction of sp³-hybridized carbons (Fsp3) is 0.786. The molecule has 0 aliphatic carbocycles. The molecular formula is C14H28O3Si. The number of rotatable bonds is 5. The summed E-state index contributed by atoms with van der Waals surface area (Å²) in [5.74, 6) is -0.212. The predicted octanol–water partition coefficient (Wildman–Crippen LogP) is 3.97. The quantitative estimate of drug-likeness (QED) is 0.431. The number of ether oxygens (including phenoxy) is 1. The summed E-state index contributed by atoms with van der Waals surface area (Å²) in [6.07, 6.45) is 3.71. The Hall–Kier alpha value is -0.773. The van der Waals surface area contributed by atoms with Crippen molar-refractivity contribution in [1.29, 1.82) is 0 Å². The molecule has 0 aromatic rings. The molecule has 0 rings (SSSR count). The Bertz CT molecular complexity index is 303. The molecule has 0 unspecified atom stereocenters. The van der Waals surface area contributed by atoms with Crippen LogP contribution in [0.5, 0.6) is 0 Å². The summed E-state index contributed by atoms with van der Waals surface area (Å²) in [6, 6.07) is 0. The zero-order chi connectivity index (χ0) is 14.6. The van der Waals surface area contributed by atoms with Crippen molar-refractivity contribution < 1.29 is 14.0 Å². The first kappa shape index (κ1) is 17.2. The number of hydrogen-bond donors (Lipinski definition) is 0. The first-order valence-electron chi connectivity index (χ1n) is 6.45. The third kappa shape index (κ3) is 4.84. The van der Waals surface area contributed by atoms with Crippen molar-refractivity contribution in [3.8, 4) is 0 Å². The van der Waals surface area contributed by atoms with E-state index >= 15 is 0 Å². The molecule has 0 aromatic heterocycles. The molecule has 0 N–H and O–H groups in total. The summed E-state index contributed by atoms with van der Waals surface area (Å²) in [7, 11) is -0.327. The van der Waals surface area contributed by atoms with Gasteiger partial charge in [-0.2, -0.15) is 0 Å². The van der Waals surface area contributed by atoms with Crippen LogP contribution in [0.2, 0.25) is 18.1 Å². The zero-order valence-electron chi connectivity index (χ0n) is 13.0. The Balaban J connectivity index is 4.46. The molecule has 0 aliphatic heterocycles. The normalized spacial score (nSPS) is 16.4. The van der Waals surface area contributed by atoms with Crippen LogP contribution in [0.3, 0.4) is 0 Å². The van der Waals surface area contributed by atoms with Crippen LogP contribution in [0.4, 0.5) is 0 Å². The molecule has 0 aromatic carbocycles. The van der Waals surface area contributed by atoms with Crippen molar-refractivity contribution in [3.63, 3.8) is 0 Å². The Morgan fingerprint density at radius 3 is 2.11 bits per heavy atom. The van der Waals surface area contributed by atoms with E-state index in [0.717, 1.165) is 0 Å². The van der Waals surface area contributed by atoms with E-state index in [-0.39, 0.29) is 22.8 Å². The van der Waals surface area contributed by atoms with Crippen LogP contribution in [0.25, 0.3) is 0 Å². The summed E-state index contributed by atoms with van der Waals surface area (Å²) in [5.41, 5.74) is 0. The van der Waals surface area contributed by atoms with Crippen LogP contribution in [0, 0.1) is 11.8 Å². The van der Waals surface area contributed by atoms with Crippen molar-refractivity contribution in [1.82, 2.24) is 0 Å². The van der Waals surface area contributed by atoms with E-state index in [2.05, 4.69) is 33.9 Å². The van der Waals surface area contributed by atoms with Crippen molar-refractivity contribution in [2.45, 2.75) is 52.8 Å². The zero-order valence-corrected chi connectivity index (χ0v) is 14.0. The van der Waals surface area contributed by atoms with Crippen LogP contribution in [-0.4, -0.2) is 21.4 Å². The Morgan fingerprint density at radius 2 is 1.72 bits per heavy atom. The summed E-state index contributed by atoms with van der Waals surface area (Å²) in [4.78, 5) is 11.4. The summed E-state index contributed by atoms with van der Waals surface area (Å²) < 4.78 is 10.7. The molecule has 0 radical (unpaired) electrons. The monoisotopic (exact) mass is 272 g/mol. The van der Waals surface area contributed by atoms with Gasteiger partial charge >= 0.3 is 5.97 Å². The fourth-order valence-corrected chi connectivity index (χ4v) is 1.85. The molecule has 0 saturated carbocycles. The second-order valence-electron chi connectivity index (χ2n) is 6.38. The minimum Gasteiger partial charge on any atom is -0.549 e. The average Bonchev–Trinajstić information content (AvgIpc) is 2.24. The highest BCUT2D eigenvalue weighted by atomic mass is 28.4. The largest absolute Gasteiger partial charge is 0.549 e. The van der Waals surface area contributed by atoms with Gasteiger partial charge in [-0.25, -0.2) is 0 Å². The van der Waals surface area contributed by atoms with Gasteiger partial charge in [-0.15, -0.1) is 0 Å². The van der Waals surface area contributed by atoms with E-state index < -0.39 is 8.32 Å². The molecule has 18 heavy (non-hydrogen) atoms. The molecule has 0 amide bonds. The Morgan fingerprint density at radius 1 is 1.22 bits per heavy atom. The standard InChI is InChI=1S/C14H28O3Si/c1-11(12(2)13(15)16-6)9-10-17-18(7,8)14(3,4)5/h9-12H,1-8H3/b10-9-/t11-,12-/m1/s1. The second-order valence-corrected chi connectivity index (χ2v) is 11.1. The lowest BCUT2D eigenvalue weighted by Gasteiger charge is -2.35. The molecule has 0 spiro atoms. The average molecular weight is 272 g/mol. The maximum atomic E-state index is 11.4. The summed E-state index contributed by atoms with van der Waals surface area (Å²) in [6.45, 7) is 14.9. The molecule has 0 saturated heterocycles. The topological polar surface area (TPSA) is 35.5 Å². The van der Waals surface area contributed by atoms with Crippen molar-refractivity contribution in [2.24, 2.45) is 11.8 Å². The minimum absolute atomic E-state index is 0.113. The molecule has 2 atom stereocenters. The number of carbonyl (C=O) groups excluding carboxylic acids is 1. The molecule has 0 fully saturated rings. The van der Waals surface area contributed by atoms with E-state index in [1.54, 1.807) is 6.26 Å². The van der Waals surface area contributed by atoms with Crippen LogP contribution >= 0.6 is 0 Å². The van der Waals surface area contributed by atoms with E-state index in [1.165, 1.54) is 7.11 Å². The lowest BCUT2D eigenvalue weighted by molar-refractivity contribution is -0.145. The molecule has 106 valence electrons. The molecule has 3 nitrogen and oxygen atoms in total. The van der Waals surface area contributed by atoms with E-state index in [4.69, 9.17) is 9.16 Å². The van der Waals surface area contributed by atoms with Gasteiger partial charge in [-0.3, -0.25) is 4.79 Å². The lowest BCUT2D eigenvalue weighted by Crippen LogP contribution is -2.39. The smallest absolute Gasteiger partial charge is 0.308 e. The predicted molar refractivity (Wildman–Crippen MR) is 77.8 cm³/mol. The van der Waals surface area contributed by atoms with E-state index in [1.807, 2.05) is 19.9 Å². The molecular weight excluding hydrogens is 244 g/mol. The molecule has 4 heteroatoms. The van der Waals surface area contributed by atoms with Gasteiger partial charge in [0.25, 0.3) is 0 Å². The molecule has 0 heterocycles. The van der Waals surface area contributed by atoms with E-state index in [9.17, 15) is 4.79 Å². The van der Waals surface area contributed by atoms with Crippen molar-refractivity contribution >= 4 is 14.3 Å². The number of allylic oxidation sites excluding steroid dienone is 1. The highest BCUT2D eigenvalue weighted by Crippen LogP contribution is 2.36. The maximum absolute atomic E-state index is 11.4. The summed E-state index contributed by atoms with van der Waals surface area (Å²) in [5, 5.41) is 0.189. The van der Waals surface area contributed by atoms with Gasteiger partial charge in [-0.1, -0.05) is 34.6 Å². The van der Waals surface area contributed by atoms with Crippen LogP contribution in [0.15, 0.2) is 12.3 Å². The van der Waals surface area contributed by atoms with Gasteiger partial charge < -0.3 is 9.16 Å². The van der Waals surface area contributed by atoms with Gasteiger partial charge in [0.1, 0.15) is 0 Å².